The fraction of sp³-hybridized carbons (Fsp3) is 0.316. The number of rotatable bonds is 6. The summed E-state index contributed by atoms with van der Waals surface area (Å²) in [6.07, 6.45) is 1.69. The van der Waals surface area contributed by atoms with Crippen LogP contribution in [0.5, 0.6) is 5.75 Å². The summed E-state index contributed by atoms with van der Waals surface area (Å²) in [6, 6.07) is 11.9. The van der Waals surface area contributed by atoms with Gasteiger partial charge in [-0.2, -0.15) is 4.98 Å². The highest BCUT2D eigenvalue weighted by molar-refractivity contribution is 7.13. The van der Waals surface area contributed by atoms with Crippen LogP contribution >= 0.6 is 11.3 Å². The molecule has 1 unspecified atom stereocenters. The fourth-order valence-electron chi connectivity index (χ4n) is 2.95. The molecule has 26 heavy (non-hydrogen) atoms. The Kier molecular flexibility index (Phi) is 4.97. The van der Waals surface area contributed by atoms with Crippen LogP contribution in [-0.2, 0) is 17.6 Å². The Labute approximate surface area is 155 Å². The normalized spacial score (nSPS) is 15.9. The van der Waals surface area contributed by atoms with Crippen LogP contribution in [0.4, 0.5) is 0 Å². The van der Waals surface area contributed by atoms with Crippen LogP contribution in [0, 0.1) is 5.92 Å². The molecule has 1 aliphatic rings. The lowest BCUT2D eigenvalue weighted by Gasteiger charge is -2.25. The number of nitrogens with zero attached hydrogens (tertiary/aromatic N) is 2. The van der Waals surface area contributed by atoms with Crippen molar-refractivity contribution in [2.75, 3.05) is 13.2 Å². The van der Waals surface area contributed by atoms with E-state index in [0.717, 1.165) is 17.0 Å². The highest BCUT2D eigenvalue weighted by Crippen LogP contribution is 2.26. The first-order chi connectivity index (χ1) is 12.8. The first-order valence-corrected chi connectivity index (χ1v) is 9.50. The van der Waals surface area contributed by atoms with Crippen molar-refractivity contribution in [3.05, 3.63) is 53.2 Å². The van der Waals surface area contributed by atoms with E-state index in [1.54, 1.807) is 11.3 Å². The van der Waals surface area contributed by atoms with E-state index in [1.165, 1.54) is 5.56 Å². The topological polar surface area (TPSA) is 77.2 Å². The highest BCUT2D eigenvalue weighted by Gasteiger charge is 2.20. The molecule has 1 aromatic carbocycles. The van der Waals surface area contributed by atoms with Crippen LogP contribution in [0.15, 0.2) is 46.3 Å². The van der Waals surface area contributed by atoms with Crippen molar-refractivity contribution in [2.24, 2.45) is 5.92 Å². The van der Waals surface area contributed by atoms with E-state index < -0.39 is 0 Å². The molecule has 3 heterocycles. The SMILES string of the molecule is O=C(CCc1nc(-c2cccs2)no1)NCC1COc2ccccc2C1. The van der Waals surface area contributed by atoms with Crippen molar-refractivity contribution in [1.29, 1.82) is 0 Å². The Morgan fingerprint density at radius 3 is 3.08 bits per heavy atom. The van der Waals surface area contributed by atoms with Crippen molar-refractivity contribution in [2.45, 2.75) is 19.3 Å². The monoisotopic (exact) mass is 369 g/mol. The standard InChI is InChI=1S/C19H19N3O3S/c23-17(7-8-18-21-19(22-25-18)16-6-3-9-26-16)20-11-13-10-14-4-1-2-5-15(14)24-12-13/h1-6,9,13H,7-8,10-12H2,(H,20,23). The summed E-state index contributed by atoms with van der Waals surface area (Å²) in [4.78, 5) is 17.4. The summed E-state index contributed by atoms with van der Waals surface area (Å²) in [6.45, 7) is 1.24. The van der Waals surface area contributed by atoms with Crippen molar-refractivity contribution in [3.8, 4) is 16.5 Å². The molecule has 4 rings (SSSR count). The molecule has 1 N–H and O–H groups in total. The number of benzene rings is 1. The van der Waals surface area contributed by atoms with Crippen LogP contribution in [-0.4, -0.2) is 29.2 Å². The quantitative estimate of drug-likeness (QED) is 0.722. The minimum atomic E-state index is -0.0141. The van der Waals surface area contributed by atoms with Crippen LogP contribution in [0.25, 0.3) is 10.7 Å². The summed E-state index contributed by atoms with van der Waals surface area (Å²) < 4.78 is 11.0. The average molecular weight is 369 g/mol. The molecule has 0 radical (unpaired) electrons. The second-order valence-corrected chi connectivity index (χ2v) is 7.23. The van der Waals surface area contributed by atoms with Gasteiger partial charge in [-0.3, -0.25) is 4.79 Å². The van der Waals surface area contributed by atoms with Crippen molar-refractivity contribution >= 4 is 17.2 Å². The number of amides is 1. The number of aryl methyl sites for hydroxylation is 1. The lowest BCUT2D eigenvalue weighted by Crippen LogP contribution is -2.34. The van der Waals surface area contributed by atoms with Gasteiger partial charge in [-0.1, -0.05) is 29.4 Å². The predicted octanol–water partition coefficient (Wildman–Crippen LogP) is 3.10. The van der Waals surface area contributed by atoms with Crippen LogP contribution in [0.2, 0.25) is 0 Å². The number of hydrogen-bond acceptors (Lipinski definition) is 6. The molecule has 6 nitrogen and oxygen atoms in total. The number of fused-ring (bicyclic) bond motifs is 1. The van der Waals surface area contributed by atoms with E-state index in [1.807, 2.05) is 35.7 Å². The fourth-order valence-corrected chi connectivity index (χ4v) is 3.60. The molecule has 134 valence electrons. The zero-order valence-electron chi connectivity index (χ0n) is 14.2. The number of carbonyl (C=O) groups excluding carboxylic acids is 1. The number of thiophene rings is 1. The molecule has 1 amide bonds. The average Bonchev–Trinajstić information content (AvgIpc) is 3.36. The van der Waals surface area contributed by atoms with Gasteiger partial charge >= 0.3 is 0 Å². The minimum absolute atomic E-state index is 0.0141. The van der Waals surface area contributed by atoms with E-state index >= 15 is 0 Å². The van der Waals surface area contributed by atoms with Gasteiger partial charge in [0, 0.05) is 25.3 Å². The van der Waals surface area contributed by atoms with E-state index in [2.05, 4.69) is 21.5 Å². The number of carbonyl (C=O) groups is 1. The molecule has 0 aliphatic carbocycles. The molecule has 0 spiro atoms. The van der Waals surface area contributed by atoms with E-state index in [-0.39, 0.29) is 5.91 Å². The second-order valence-electron chi connectivity index (χ2n) is 6.28. The first-order valence-electron chi connectivity index (χ1n) is 8.62. The smallest absolute Gasteiger partial charge is 0.227 e. The maximum atomic E-state index is 12.1. The number of aromatic nitrogens is 2. The Morgan fingerprint density at radius 1 is 1.27 bits per heavy atom. The Balaban J connectivity index is 1.23. The molecule has 2 aromatic heterocycles. The molecule has 3 aromatic rings. The zero-order chi connectivity index (χ0) is 17.8. The van der Waals surface area contributed by atoms with Gasteiger partial charge in [0.2, 0.25) is 17.6 Å². The van der Waals surface area contributed by atoms with Gasteiger partial charge in [-0.05, 0) is 29.5 Å². The van der Waals surface area contributed by atoms with Gasteiger partial charge in [0.1, 0.15) is 5.75 Å². The first kappa shape index (κ1) is 16.8. The van der Waals surface area contributed by atoms with E-state index in [9.17, 15) is 4.79 Å². The largest absolute Gasteiger partial charge is 0.493 e. The lowest BCUT2D eigenvalue weighted by atomic mass is 9.97. The third-order valence-corrected chi connectivity index (χ3v) is 5.19. The third kappa shape index (κ3) is 3.94. The van der Waals surface area contributed by atoms with Crippen molar-refractivity contribution < 1.29 is 14.1 Å². The summed E-state index contributed by atoms with van der Waals surface area (Å²) in [5.74, 6) is 2.29. The molecular formula is C19H19N3O3S. The molecule has 7 heteroatoms. The number of hydrogen-bond donors (Lipinski definition) is 1. The Hall–Kier alpha value is -2.67. The van der Waals surface area contributed by atoms with E-state index in [0.29, 0.717) is 43.6 Å². The molecular weight excluding hydrogens is 350 g/mol. The van der Waals surface area contributed by atoms with Gasteiger partial charge in [0.15, 0.2) is 0 Å². The second kappa shape index (κ2) is 7.70. The lowest BCUT2D eigenvalue weighted by molar-refractivity contribution is -0.121. The van der Waals surface area contributed by atoms with Crippen molar-refractivity contribution in [1.82, 2.24) is 15.5 Å². The summed E-state index contributed by atoms with van der Waals surface area (Å²) >= 11 is 1.56. The van der Waals surface area contributed by atoms with Gasteiger partial charge in [0.05, 0.1) is 11.5 Å². The summed E-state index contributed by atoms with van der Waals surface area (Å²) in [5, 5.41) is 8.90. The summed E-state index contributed by atoms with van der Waals surface area (Å²) in [5.41, 5.74) is 1.20. The van der Waals surface area contributed by atoms with Gasteiger partial charge in [0.25, 0.3) is 0 Å². The minimum Gasteiger partial charge on any atom is -0.493 e. The highest BCUT2D eigenvalue weighted by atomic mass is 32.1. The number of ether oxygens (including phenoxy) is 1. The molecule has 0 saturated heterocycles. The van der Waals surface area contributed by atoms with Crippen molar-refractivity contribution in [3.63, 3.8) is 0 Å². The molecule has 0 fully saturated rings. The molecule has 1 atom stereocenters. The summed E-state index contributed by atoms with van der Waals surface area (Å²) in [7, 11) is 0. The maximum Gasteiger partial charge on any atom is 0.227 e. The van der Waals surface area contributed by atoms with Crippen LogP contribution < -0.4 is 10.1 Å². The third-order valence-electron chi connectivity index (χ3n) is 4.32. The number of para-hydroxylation sites is 1. The molecule has 0 bridgehead atoms. The van der Waals surface area contributed by atoms with Crippen LogP contribution in [0.1, 0.15) is 17.9 Å². The predicted molar refractivity (Wildman–Crippen MR) is 98.1 cm³/mol. The zero-order valence-corrected chi connectivity index (χ0v) is 15.0. The van der Waals surface area contributed by atoms with Gasteiger partial charge < -0.3 is 14.6 Å². The Bertz CT molecular complexity index is 876. The van der Waals surface area contributed by atoms with E-state index in [4.69, 9.17) is 9.26 Å². The van der Waals surface area contributed by atoms with Crippen LogP contribution in [0.3, 0.4) is 0 Å². The van der Waals surface area contributed by atoms with Gasteiger partial charge in [-0.25, -0.2) is 0 Å². The Morgan fingerprint density at radius 2 is 2.19 bits per heavy atom. The number of nitrogens with one attached hydrogen (secondary N) is 1. The maximum absolute atomic E-state index is 12.1. The van der Waals surface area contributed by atoms with Gasteiger partial charge in [-0.15, -0.1) is 11.3 Å². The molecule has 0 saturated carbocycles. The molecule has 1 aliphatic heterocycles.